The van der Waals surface area contributed by atoms with Gasteiger partial charge >= 0.3 is 11.9 Å². The van der Waals surface area contributed by atoms with E-state index in [1.54, 1.807) is 13.8 Å². The van der Waals surface area contributed by atoms with Crippen LogP contribution in [0.4, 0.5) is 0 Å². The molecule has 0 N–H and O–H groups in total. The fourth-order valence-corrected chi connectivity index (χ4v) is 2.31. The van der Waals surface area contributed by atoms with Crippen LogP contribution in [0.1, 0.15) is 66.2 Å². The second kappa shape index (κ2) is 11.7. The minimum Gasteiger partial charge on any atom is -0.466 e. The van der Waals surface area contributed by atoms with Gasteiger partial charge in [0.15, 0.2) is 0 Å². The number of ether oxygens (including phenoxy) is 2. The van der Waals surface area contributed by atoms with Crippen LogP contribution < -0.4 is 0 Å². The van der Waals surface area contributed by atoms with Crippen LogP contribution in [-0.2, 0) is 19.1 Å². The highest BCUT2D eigenvalue weighted by atomic mass is 16.5. The predicted molar refractivity (Wildman–Crippen MR) is 79.3 cm³/mol. The van der Waals surface area contributed by atoms with Gasteiger partial charge in [-0.1, -0.05) is 39.5 Å². The molecule has 118 valence electrons. The zero-order valence-corrected chi connectivity index (χ0v) is 13.4. The molecule has 0 aliphatic rings. The topological polar surface area (TPSA) is 52.6 Å². The van der Waals surface area contributed by atoms with E-state index in [2.05, 4.69) is 13.8 Å². The first-order chi connectivity index (χ1) is 9.62. The van der Waals surface area contributed by atoms with Crippen LogP contribution in [0.2, 0.25) is 0 Å². The van der Waals surface area contributed by atoms with E-state index in [4.69, 9.17) is 9.47 Å². The van der Waals surface area contributed by atoms with Gasteiger partial charge in [-0.05, 0) is 26.7 Å². The Kier molecular flexibility index (Phi) is 11.1. The first-order valence-electron chi connectivity index (χ1n) is 7.95. The highest BCUT2D eigenvalue weighted by molar-refractivity contribution is 5.82. The van der Waals surface area contributed by atoms with Crippen molar-refractivity contribution in [1.82, 2.24) is 0 Å². The Morgan fingerprint density at radius 1 is 0.750 bits per heavy atom. The maximum Gasteiger partial charge on any atom is 0.309 e. The molecule has 4 heteroatoms. The van der Waals surface area contributed by atoms with Crippen LogP contribution in [0.15, 0.2) is 0 Å². The number of hydrogen-bond acceptors (Lipinski definition) is 4. The van der Waals surface area contributed by atoms with Crippen molar-refractivity contribution in [3.8, 4) is 0 Å². The second-order valence-corrected chi connectivity index (χ2v) is 5.00. The molecule has 0 rings (SSSR count). The number of esters is 2. The van der Waals surface area contributed by atoms with Gasteiger partial charge in [0.25, 0.3) is 0 Å². The molecule has 0 aromatic heterocycles. The summed E-state index contributed by atoms with van der Waals surface area (Å²) in [4.78, 5) is 24.3. The summed E-state index contributed by atoms with van der Waals surface area (Å²) in [6.07, 6.45) is 5.24. The third kappa shape index (κ3) is 6.92. The van der Waals surface area contributed by atoms with Crippen molar-refractivity contribution >= 4 is 11.9 Å². The molecule has 4 nitrogen and oxygen atoms in total. The Labute approximate surface area is 123 Å². The summed E-state index contributed by atoms with van der Waals surface area (Å²) in [6.45, 7) is 8.44. The van der Waals surface area contributed by atoms with E-state index in [0.29, 0.717) is 26.1 Å². The van der Waals surface area contributed by atoms with Crippen molar-refractivity contribution < 1.29 is 19.1 Å². The second-order valence-electron chi connectivity index (χ2n) is 5.00. The molecule has 0 aromatic rings. The van der Waals surface area contributed by atoms with Gasteiger partial charge in [-0.2, -0.15) is 0 Å². The maximum atomic E-state index is 12.1. The highest BCUT2D eigenvalue weighted by Gasteiger charge is 2.34. The Balaban J connectivity index is 4.93. The van der Waals surface area contributed by atoms with Crippen molar-refractivity contribution in [2.45, 2.75) is 66.2 Å². The molecule has 2 atom stereocenters. The minimum absolute atomic E-state index is 0.255. The Hall–Kier alpha value is -1.06. The Morgan fingerprint density at radius 2 is 1.10 bits per heavy atom. The summed E-state index contributed by atoms with van der Waals surface area (Å²) in [5.41, 5.74) is 0. The van der Waals surface area contributed by atoms with E-state index in [-0.39, 0.29) is 23.8 Å². The van der Waals surface area contributed by atoms with Crippen LogP contribution in [-0.4, -0.2) is 25.2 Å². The van der Waals surface area contributed by atoms with Crippen molar-refractivity contribution in [2.75, 3.05) is 13.2 Å². The third-order valence-corrected chi connectivity index (χ3v) is 3.40. The Morgan fingerprint density at radius 3 is 1.35 bits per heavy atom. The van der Waals surface area contributed by atoms with Gasteiger partial charge in [0.05, 0.1) is 25.0 Å². The normalized spacial score (nSPS) is 13.6. The van der Waals surface area contributed by atoms with E-state index in [0.717, 1.165) is 25.7 Å². The average molecular weight is 286 g/mol. The molecule has 0 saturated heterocycles. The van der Waals surface area contributed by atoms with Gasteiger partial charge in [-0.15, -0.1) is 0 Å². The third-order valence-electron chi connectivity index (χ3n) is 3.40. The summed E-state index contributed by atoms with van der Waals surface area (Å²) in [5, 5.41) is 0. The van der Waals surface area contributed by atoms with Gasteiger partial charge in [0.2, 0.25) is 0 Å². The molecule has 0 amide bonds. The predicted octanol–water partition coefficient (Wildman–Crippen LogP) is 3.73. The van der Waals surface area contributed by atoms with E-state index in [9.17, 15) is 9.59 Å². The van der Waals surface area contributed by atoms with Gasteiger partial charge in [0, 0.05) is 0 Å². The first kappa shape index (κ1) is 18.9. The van der Waals surface area contributed by atoms with Crippen LogP contribution in [0, 0.1) is 11.8 Å². The molecule has 0 spiro atoms. The van der Waals surface area contributed by atoms with Crippen LogP contribution in [0.3, 0.4) is 0 Å². The molecule has 20 heavy (non-hydrogen) atoms. The molecule has 0 aliphatic carbocycles. The summed E-state index contributed by atoms with van der Waals surface area (Å²) < 4.78 is 10.3. The van der Waals surface area contributed by atoms with Crippen molar-refractivity contribution in [3.63, 3.8) is 0 Å². The van der Waals surface area contributed by atoms with Crippen LogP contribution in [0.25, 0.3) is 0 Å². The van der Waals surface area contributed by atoms with Gasteiger partial charge in [-0.25, -0.2) is 0 Å². The molecule has 0 fully saturated rings. The smallest absolute Gasteiger partial charge is 0.309 e. The zero-order valence-electron chi connectivity index (χ0n) is 13.4. The lowest BCUT2D eigenvalue weighted by atomic mass is 9.84. The maximum absolute atomic E-state index is 12.1. The molecule has 0 radical (unpaired) electrons. The average Bonchev–Trinajstić information content (AvgIpc) is 2.42. The molecular formula is C16H30O4. The quantitative estimate of drug-likeness (QED) is 0.543. The molecule has 0 bridgehead atoms. The first-order valence-corrected chi connectivity index (χ1v) is 7.95. The summed E-state index contributed by atoms with van der Waals surface area (Å²) in [6, 6.07) is 0. The number of hydrogen-bond donors (Lipinski definition) is 0. The minimum atomic E-state index is -0.361. The molecular weight excluding hydrogens is 256 g/mol. The molecule has 0 saturated carbocycles. The lowest BCUT2D eigenvalue weighted by Crippen LogP contribution is -2.33. The number of carbonyl (C=O) groups excluding carboxylic acids is 2. The molecule has 0 heterocycles. The van der Waals surface area contributed by atoms with Crippen molar-refractivity contribution in [2.24, 2.45) is 11.8 Å². The fourth-order valence-electron chi connectivity index (χ4n) is 2.31. The van der Waals surface area contributed by atoms with Crippen LogP contribution in [0.5, 0.6) is 0 Å². The number of unbranched alkanes of at least 4 members (excludes halogenated alkanes) is 2. The lowest BCUT2D eigenvalue weighted by molar-refractivity contribution is -0.161. The largest absolute Gasteiger partial charge is 0.466 e. The van der Waals surface area contributed by atoms with E-state index >= 15 is 0 Å². The van der Waals surface area contributed by atoms with Crippen molar-refractivity contribution in [3.05, 3.63) is 0 Å². The van der Waals surface area contributed by atoms with E-state index in [1.807, 2.05) is 0 Å². The summed E-state index contributed by atoms with van der Waals surface area (Å²) in [5.74, 6) is -1.23. The van der Waals surface area contributed by atoms with Crippen LogP contribution >= 0.6 is 0 Å². The van der Waals surface area contributed by atoms with Crippen molar-refractivity contribution in [1.29, 1.82) is 0 Å². The lowest BCUT2D eigenvalue weighted by Gasteiger charge is -2.24. The Bertz CT molecular complexity index is 248. The van der Waals surface area contributed by atoms with Gasteiger partial charge in [0.1, 0.15) is 0 Å². The number of carbonyl (C=O) groups is 2. The number of rotatable bonds is 11. The van der Waals surface area contributed by atoms with Gasteiger partial charge in [-0.3, -0.25) is 9.59 Å². The highest BCUT2D eigenvalue weighted by Crippen LogP contribution is 2.27. The zero-order chi connectivity index (χ0) is 15.4. The van der Waals surface area contributed by atoms with E-state index < -0.39 is 0 Å². The SMILES string of the molecule is CCCCC(C(=O)OCC)C(CCCC)C(=O)OCC. The molecule has 0 aliphatic heterocycles. The fraction of sp³-hybridized carbons (Fsp3) is 0.875. The molecule has 0 aromatic carbocycles. The summed E-state index contributed by atoms with van der Waals surface area (Å²) >= 11 is 0. The van der Waals surface area contributed by atoms with Gasteiger partial charge < -0.3 is 9.47 Å². The molecule has 2 unspecified atom stereocenters. The summed E-state index contributed by atoms with van der Waals surface area (Å²) in [7, 11) is 0. The van der Waals surface area contributed by atoms with E-state index in [1.165, 1.54) is 0 Å². The standard InChI is InChI=1S/C16H30O4/c1-5-9-11-13(15(17)19-7-3)14(12-10-6-2)16(18)20-8-4/h13-14H,5-12H2,1-4H3. The monoisotopic (exact) mass is 286 g/mol.